The van der Waals surface area contributed by atoms with E-state index in [1.807, 2.05) is 48.5 Å². The van der Waals surface area contributed by atoms with Crippen molar-refractivity contribution in [1.29, 1.82) is 5.41 Å². The fourth-order valence-electron chi connectivity index (χ4n) is 5.79. The fourth-order valence-corrected chi connectivity index (χ4v) is 5.79. The van der Waals surface area contributed by atoms with Crippen LogP contribution in [0.3, 0.4) is 0 Å². The molecule has 0 saturated heterocycles. The first-order chi connectivity index (χ1) is 23.5. The summed E-state index contributed by atoms with van der Waals surface area (Å²) in [6.45, 7) is 8.43. The number of hydrogen-bond donors (Lipinski definition) is 2. The second-order valence-corrected chi connectivity index (χ2v) is 11.7. The van der Waals surface area contributed by atoms with Gasteiger partial charge in [0.05, 0.1) is 12.2 Å². The van der Waals surface area contributed by atoms with Gasteiger partial charge >= 0.3 is 0 Å². The molecular weight excluding hydrogens is 596 g/mol. The average molecular weight is 638 g/mol. The Labute approximate surface area is 282 Å². The third kappa shape index (κ3) is 8.56. The summed E-state index contributed by atoms with van der Waals surface area (Å²) in [5.74, 6) is 7.51. The third-order valence-electron chi connectivity index (χ3n) is 8.21. The van der Waals surface area contributed by atoms with E-state index in [9.17, 15) is 9.59 Å². The van der Waals surface area contributed by atoms with Crippen LogP contribution in [0.25, 0.3) is 22.4 Å². The van der Waals surface area contributed by atoms with Gasteiger partial charge in [0.2, 0.25) is 24.0 Å². The molecule has 0 aliphatic carbocycles. The van der Waals surface area contributed by atoms with Crippen LogP contribution in [0.5, 0.6) is 0 Å². The quantitative estimate of drug-likeness (QED) is 0.0652. The molecule has 0 fully saturated rings. The Kier molecular flexibility index (Phi) is 11.8. The van der Waals surface area contributed by atoms with E-state index in [1.54, 1.807) is 6.34 Å². The van der Waals surface area contributed by atoms with E-state index < -0.39 is 0 Å². The lowest BCUT2D eigenvalue weighted by molar-refractivity contribution is -0.246. The van der Waals surface area contributed by atoms with E-state index in [1.165, 1.54) is 4.58 Å². The van der Waals surface area contributed by atoms with E-state index in [0.29, 0.717) is 31.8 Å². The Morgan fingerprint density at radius 1 is 0.875 bits per heavy atom. The van der Waals surface area contributed by atoms with Gasteiger partial charge in [0, 0.05) is 43.7 Å². The fraction of sp³-hybridized carbons (Fsp3) is 0.250. The van der Waals surface area contributed by atoms with E-state index in [-0.39, 0.29) is 11.8 Å². The normalized spacial score (nSPS) is 11.8. The van der Waals surface area contributed by atoms with Crippen LogP contribution in [0.2, 0.25) is 0 Å². The highest BCUT2D eigenvalue weighted by Crippen LogP contribution is 2.44. The number of hydrogen-bond acceptors (Lipinski definition) is 4. The van der Waals surface area contributed by atoms with Crippen molar-refractivity contribution in [2.24, 2.45) is 9.98 Å². The lowest BCUT2D eigenvalue weighted by atomic mass is 9.96. The predicted octanol–water partition coefficient (Wildman–Crippen LogP) is 7.40. The number of aromatic nitrogens is 1. The zero-order chi connectivity index (χ0) is 33.7. The maximum Gasteiger partial charge on any atom is 0.271 e. The topological polar surface area (TPSA) is 103 Å². The summed E-state index contributed by atoms with van der Waals surface area (Å²) in [6, 6.07) is 28.7. The average Bonchev–Trinajstić information content (AvgIpc) is 3.44. The molecule has 48 heavy (non-hydrogen) atoms. The number of benzene rings is 3. The zero-order valence-electron chi connectivity index (χ0n) is 27.3. The van der Waals surface area contributed by atoms with Crippen molar-refractivity contribution in [3.05, 3.63) is 102 Å². The summed E-state index contributed by atoms with van der Waals surface area (Å²) in [5.41, 5.74) is 6.83. The molecule has 0 atom stereocenters. The molecule has 1 aromatic heterocycles. The monoisotopic (exact) mass is 637 g/mol. The molecule has 8 nitrogen and oxygen atoms in total. The summed E-state index contributed by atoms with van der Waals surface area (Å²) < 4.78 is 3.71. The Morgan fingerprint density at radius 3 is 2.35 bits per heavy atom. The molecule has 0 bridgehead atoms. The van der Waals surface area contributed by atoms with Gasteiger partial charge in [-0.05, 0) is 61.2 Å². The lowest BCUT2D eigenvalue weighted by Crippen LogP contribution is -2.23. The van der Waals surface area contributed by atoms with Crippen LogP contribution < -0.4 is 5.32 Å². The smallest absolute Gasteiger partial charge is 0.271 e. The molecule has 0 radical (unpaired) electrons. The van der Waals surface area contributed by atoms with E-state index in [2.05, 4.69) is 76.6 Å². The van der Waals surface area contributed by atoms with Gasteiger partial charge in [0.15, 0.2) is 0 Å². The number of nitrogens with one attached hydrogen (secondary N) is 2. The molecule has 0 spiro atoms. The first kappa shape index (κ1) is 33.7. The van der Waals surface area contributed by atoms with Crippen LogP contribution in [0.1, 0.15) is 68.1 Å². The largest absolute Gasteiger partial charge is 0.356 e. The third-order valence-corrected chi connectivity index (χ3v) is 8.21. The SMILES string of the molecule is C=NC(=O)CCCCCC(=O)NCCCCC#Cc1cccc(Cn2c3c(c(-c4ccccc4)c2-c2ccccc2)C(=N)[N+](=C)C=N3)c1. The minimum Gasteiger partial charge on any atom is -0.356 e. The van der Waals surface area contributed by atoms with Crippen LogP contribution in [0.15, 0.2) is 94.9 Å². The van der Waals surface area contributed by atoms with Gasteiger partial charge in [0.1, 0.15) is 5.56 Å². The number of aliphatic imine (C=N–C) groups is 2. The number of amidine groups is 1. The van der Waals surface area contributed by atoms with Crippen molar-refractivity contribution >= 4 is 43.2 Å². The van der Waals surface area contributed by atoms with E-state index in [0.717, 1.165) is 83.4 Å². The minimum absolute atomic E-state index is 0.0487. The van der Waals surface area contributed by atoms with Crippen LogP contribution >= 0.6 is 0 Å². The van der Waals surface area contributed by atoms with Crippen molar-refractivity contribution in [2.75, 3.05) is 6.54 Å². The molecule has 2 heterocycles. The van der Waals surface area contributed by atoms with Crippen molar-refractivity contribution in [3.63, 3.8) is 0 Å². The summed E-state index contributed by atoms with van der Waals surface area (Å²) in [4.78, 5) is 31.4. The number of fused-ring (bicyclic) bond motifs is 1. The predicted molar refractivity (Wildman–Crippen MR) is 195 cm³/mol. The van der Waals surface area contributed by atoms with E-state index in [4.69, 9.17) is 10.4 Å². The summed E-state index contributed by atoms with van der Waals surface area (Å²) in [5, 5.41) is 11.9. The van der Waals surface area contributed by atoms with Gasteiger partial charge < -0.3 is 9.88 Å². The molecule has 3 aromatic carbocycles. The van der Waals surface area contributed by atoms with Gasteiger partial charge in [0.25, 0.3) is 5.84 Å². The number of carbonyl (C=O) groups excluding carboxylic acids is 2. The Hall–Kier alpha value is -5.68. The van der Waals surface area contributed by atoms with Gasteiger partial charge in [-0.1, -0.05) is 96.1 Å². The second kappa shape index (κ2) is 16.8. The van der Waals surface area contributed by atoms with Gasteiger partial charge in [-0.25, -0.2) is 9.57 Å². The van der Waals surface area contributed by atoms with E-state index >= 15 is 0 Å². The van der Waals surface area contributed by atoms with Crippen LogP contribution in [-0.4, -0.2) is 53.1 Å². The number of carbonyl (C=O) groups is 2. The molecule has 1 aliphatic rings. The first-order valence-corrected chi connectivity index (χ1v) is 16.4. The Bertz CT molecular complexity index is 1890. The van der Waals surface area contributed by atoms with Gasteiger partial charge in [-0.3, -0.25) is 9.59 Å². The first-order valence-electron chi connectivity index (χ1n) is 16.4. The molecule has 1 aliphatic heterocycles. The van der Waals surface area contributed by atoms with Crippen molar-refractivity contribution in [3.8, 4) is 34.2 Å². The highest BCUT2D eigenvalue weighted by atomic mass is 16.2. The van der Waals surface area contributed by atoms with Crippen molar-refractivity contribution in [1.82, 2.24) is 9.88 Å². The van der Waals surface area contributed by atoms with Crippen LogP contribution in [0.4, 0.5) is 5.82 Å². The number of amides is 2. The molecule has 2 N–H and O–H groups in total. The summed E-state index contributed by atoms with van der Waals surface area (Å²) in [7, 11) is 0. The highest BCUT2D eigenvalue weighted by molar-refractivity contribution is 6.10. The number of nitrogens with zero attached hydrogens (tertiary/aromatic N) is 4. The molecule has 242 valence electrons. The summed E-state index contributed by atoms with van der Waals surface area (Å²) in [6.07, 6.45) is 7.31. The zero-order valence-corrected chi connectivity index (χ0v) is 27.3. The molecule has 8 heteroatoms. The molecular formula is C40H41N6O2+. The lowest BCUT2D eigenvalue weighted by Gasteiger charge is -2.13. The second-order valence-electron chi connectivity index (χ2n) is 11.7. The Morgan fingerprint density at radius 2 is 1.60 bits per heavy atom. The molecule has 0 unspecified atom stereocenters. The molecule has 5 rings (SSSR count). The minimum atomic E-state index is -0.190. The summed E-state index contributed by atoms with van der Waals surface area (Å²) >= 11 is 0. The molecule has 4 aromatic rings. The van der Waals surface area contributed by atoms with Crippen molar-refractivity contribution < 1.29 is 14.2 Å². The molecule has 0 saturated carbocycles. The number of rotatable bonds is 14. The highest BCUT2D eigenvalue weighted by Gasteiger charge is 2.34. The van der Waals surface area contributed by atoms with Crippen LogP contribution in [-0.2, 0) is 16.1 Å². The standard InChI is InChI=1S/C40H40N6O2/c1-42-34(47)24-13-7-14-25-35(48)43-26-15-4-3-8-17-30-18-16-19-31(27-30)28-46-38(33-22-11-6-12-23-33)36(32-20-9-5-10-21-32)37-39(41)45(2)29-44-40(37)46/h5-6,9-12,16,18-23,27,29,41H,1-4,7,13-15,24-26,28H2/p+1. The maximum absolute atomic E-state index is 12.1. The van der Waals surface area contributed by atoms with Gasteiger partial charge in [-0.15, -0.1) is 0 Å². The van der Waals surface area contributed by atoms with Gasteiger partial charge in [-0.2, -0.15) is 5.41 Å². The Balaban J connectivity index is 1.25. The maximum atomic E-state index is 12.1. The van der Waals surface area contributed by atoms with Crippen LogP contribution in [0, 0.1) is 17.3 Å². The molecule has 2 amide bonds. The van der Waals surface area contributed by atoms with Crippen molar-refractivity contribution in [2.45, 2.75) is 57.9 Å². The number of unbranched alkanes of at least 4 members (excludes halogenated alkanes) is 4.